The minimum atomic E-state index is -0.126. The SMILES string of the molecule is O=C(NCC1CCCO1)c1cccc(NCC(=O)N2CCOCC2)c1. The van der Waals surface area contributed by atoms with Crippen LogP contribution in [0, 0.1) is 0 Å². The minimum absolute atomic E-state index is 0.0385. The molecule has 0 saturated carbocycles. The summed E-state index contributed by atoms with van der Waals surface area (Å²) in [5, 5.41) is 6.00. The number of hydrogen-bond donors (Lipinski definition) is 2. The Balaban J connectivity index is 1.48. The fourth-order valence-corrected chi connectivity index (χ4v) is 2.99. The summed E-state index contributed by atoms with van der Waals surface area (Å²) in [6.07, 6.45) is 2.17. The summed E-state index contributed by atoms with van der Waals surface area (Å²) < 4.78 is 10.8. The topological polar surface area (TPSA) is 79.9 Å². The van der Waals surface area contributed by atoms with Gasteiger partial charge in [-0.25, -0.2) is 0 Å². The molecule has 7 nitrogen and oxygen atoms in total. The predicted octanol–water partition coefficient (Wildman–Crippen LogP) is 0.866. The maximum absolute atomic E-state index is 12.3. The van der Waals surface area contributed by atoms with Crippen LogP contribution in [0.3, 0.4) is 0 Å². The van der Waals surface area contributed by atoms with Gasteiger partial charge in [0.25, 0.3) is 5.91 Å². The predicted molar refractivity (Wildman–Crippen MR) is 93.6 cm³/mol. The van der Waals surface area contributed by atoms with Gasteiger partial charge < -0.3 is 25.0 Å². The van der Waals surface area contributed by atoms with Gasteiger partial charge in [0.15, 0.2) is 0 Å². The molecule has 2 aliphatic rings. The van der Waals surface area contributed by atoms with Crippen LogP contribution in [-0.4, -0.2) is 68.8 Å². The van der Waals surface area contributed by atoms with Crippen LogP contribution in [-0.2, 0) is 14.3 Å². The van der Waals surface area contributed by atoms with E-state index in [1.165, 1.54) is 0 Å². The van der Waals surface area contributed by atoms with Gasteiger partial charge >= 0.3 is 0 Å². The molecule has 0 spiro atoms. The van der Waals surface area contributed by atoms with E-state index >= 15 is 0 Å². The van der Waals surface area contributed by atoms with Crippen LogP contribution in [0.5, 0.6) is 0 Å². The largest absolute Gasteiger partial charge is 0.378 e. The average molecular weight is 347 g/mol. The lowest BCUT2D eigenvalue weighted by Crippen LogP contribution is -2.43. The van der Waals surface area contributed by atoms with Crippen molar-refractivity contribution in [2.75, 3.05) is 51.3 Å². The molecule has 1 aromatic rings. The molecule has 7 heteroatoms. The second-order valence-electron chi connectivity index (χ2n) is 6.27. The third-order valence-electron chi connectivity index (χ3n) is 4.45. The number of amides is 2. The number of carbonyl (C=O) groups is 2. The Morgan fingerprint density at radius 2 is 2.04 bits per heavy atom. The van der Waals surface area contributed by atoms with Gasteiger partial charge in [0, 0.05) is 37.5 Å². The fraction of sp³-hybridized carbons (Fsp3) is 0.556. The quantitative estimate of drug-likeness (QED) is 0.798. The highest BCUT2D eigenvalue weighted by atomic mass is 16.5. The lowest BCUT2D eigenvalue weighted by molar-refractivity contribution is -0.133. The summed E-state index contributed by atoms with van der Waals surface area (Å²) in [5.41, 5.74) is 1.33. The number of carbonyl (C=O) groups excluding carboxylic acids is 2. The molecule has 136 valence electrons. The molecule has 0 bridgehead atoms. The van der Waals surface area contributed by atoms with Gasteiger partial charge in [-0.2, -0.15) is 0 Å². The Bertz CT molecular complexity index is 596. The summed E-state index contributed by atoms with van der Waals surface area (Å²) in [5.74, 6) is -0.0878. The van der Waals surface area contributed by atoms with Crippen LogP contribution in [0.2, 0.25) is 0 Å². The number of nitrogens with zero attached hydrogens (tertiary/aromatic N) is 1. The van der Waals surface area contributed by atoms with Crippen molar-refractivity contribution in [1.29, 1.82) is 0 Å². The van der Waals surface area contributed by atoms with Crippen molar-refractivity contribution in [3.63, 3.8) is 0 Å². The molecule has 2 saturated heterocycles. The second-order valence-corrected chi connectivity index (χ2v) is 6.27. The summed E-state index contributed by atoms with van der Waals surface area (Å²) >= 11 is 0. The maximum Gasteiger partial charge on any atom is 0.251 e. The van der Waals surface area contributed by atoms with Gasteiger partial charge in [-0.3, -0.25) is 9.59 Å². The number of rotatable bonds is 6. The zero-order chi connectivity index (χ0) is 17.5. The third kappa shape index (κ3) is 5.17. The fourth-order valence-electron chi connectivity index (χ4n) is 2.99. The van der Waals surface area contributed by atoms with Crippen molar-refractivity contribution in [2.45, 2.75) is 18.9 Å². The van der Waals surface area contributed by atoms with E-state index in [2.05, 4.69) is 10.6 Å². The van der Waals surface area contributed by atoms with E-state index in [-0.39, 0.29) is 24.5 Å². The summed E-state index contributed by atoms with van der Waals surface area (Å²) in [4.78, 5) is 26.2. The van der Waals surface area contributed by atoms with Crippen molar-refractivity contribution in [2.24, 2.45) is 0 Å². The Kier molecular flexibility index (Phi) is 6.25. The van der Waals surface area contributed by atoms with Crippen LogP contribution in [0.1, 0.15) is 23.2 Å². The highest BCUT2D eigenvalue weighted by Gasteiger charge is 2.18. The van der Waals surface area contributed by atoms with Crippen molar-refractivity contribution in [3.8, 4) is 0 Å². The molecule has 3 rings (SSSR count). The highest BCUT2D eigenvalue weighted by Crippen LogP contribution is 2.13. The first-order chi connectivity index (χ1) is 12.2. The monoisotopic (exact) mass is 347 g/mol. The van der Waals surface area contributed by atoms with E-state index in [0.29, 0.717) is 38.4 Å². The number of benzene rings is 1. The van der Waals surface area contributed by atoms with Crippen LogP contribution in [0.25, 0.3) is 0 Å². The van der Waals surface area contributed by atoms with E-state index in [9.17, 15) is 9.59 Å². The number of hydrogen-bond acceptors (Lipinski definition) is 5. The summed E-state index contributed by atoms with van der Waals surface area (Å²) in [7, 11) is 0. The molecule has 2 fully saturated rings. The Labute approximate surface area is 147 Å². The Hall–Kier alpha value is -2.12. The normalized spacial score (nSPS) is 20.3. The lowest BCUT2D eigenvalue weighted by atomic mass is 10.1. The van der Waals surface area contributed by atoms with Gasteiger partial charge in [-0.1, -0.05) is 6.07 Å². The number of morpholine rings is 1. The first-order valence-corrected chi connectivity index (χ1v) is 8.81. The second kappa shape index (κ2) is 8.82. The van der Waals surface area contributed by atoms with Crippen molar-refractivity contribution < 1.29 is 19.1 Å². The minimum Gasteiger partial charge on any atom is -0.378 e. The van der Waals surface area contributed by atoms with Crippen molar-refractivity contribution >= 4 is 17.5 Å². The zero-order valence-corrected chi connectivity index (χ0v) is 14.3. The molecular formula is C18H25N3O4. The maximum atomic E-state index is 12.3. The van der Waals surface area contributed by atoms with Gasteiger partial charge in [0.1, 0.15) is 0 Å². The molecular weight excluding hydrogens is 322 g/mol. The Morgan fingerprint density at radius 3 is 2.80 bits per heavy atom. The van der Waals surface area contributed by atoms with Crippen molar-refractivity contribution in [3.05, 3.63) is 29.8 Å². The average Bonchev–Trinajstić information content (AvgIpc) is 3.19. The van der Waals surface area contributed by atoms with E-state index in [4.69, 9.17) is 9.47 Å². The molecule has 0 radical (unpaired) electrons. The number of ether oxygens (including phenoxy) is 2. The molecule has 25 heavy (non-hydrogen) atoms. The molecule has 2 N–H and O–H groups in total. The van der Waals surface area contributed by atoms with Gasteiger partial charge in [0.05, 0.1) is 25.9 Å². The molecule has 0 aromatic heterocycles. The first kappa shape index (κ1) is 17.7. The van der Waals surface area contributed by atoms with E-state index < -0.39 is 0 Å². The van der Waals surface area contributed by atoms with E-state index in [1.807, 2.05) is 12.1 Å². The van der Waals surface area contributed by atoms with E-state index in [0.717, 1.165) is 25.1 Å². The molecule has 1 aromatic carbocycles. The van der Waals surface area contributed by atoms with E-state index in [1.54, 1.807) is 17.0 Å². The highest BCUT2D eigenvalue weighted by molar-refractivity contribution is 5.95. The van der Waals surface area contributed by atoms with Gasteiger partial charge in [0.2, 0.25) is 5.91 Å². The molecule has 2 heterocycles. The molecule has 0 aliphatic carbocycles. The van der Waals surface area contributed by atoms with Crippen LogP contribution >= 0.6 is 0 Å². The van der Waals surface area contributed by atoms with Gasteiger partial charge in [-0.05, 0) is 31.0 Å². The number of anilines is 1. The van der Waals surface area contributed by atoms with Crippen LogP contribution in [0.15, 0.2) is 24.3 Å². The van der Waals surface area contributed by atoms with Crippen LogP contribution < -0.4 is 10.6 Å². The zero-order valence-electron chi connectivity index (χ0n) is 14.3. The standard InChI is InChI=1S/C18H25N3O4/c22-17(21-6-9-24-10-7-21)13-19-15-4-1-3-14(11-15)18(23)20-12-16-5-2-8-25-16/h1,3-4,11,16,19H,2,5-10,12-13H2,(H,20,23). The van der Waals surface area contributed by atoms with Gasteiger partial charge in [-0.15, -0.1) is 0 Å². The molecule has 1 unspecified atom stereocenters. The van der Waals surface area contributed by atoms with Crippen molar-refractivity contribution in [1.82, 2.24) is 10.2 Å². The summed E-state index contributed by atoms with van der Waals surface area (Å²) in [6.45, 7) is 3.96. The number of nitrogens with one attached hydrogen (secondary N) is 2. The van der Waals surface area contributed by atoms with Crippen LogP contribution in [0.4, 0.5) is 5.69 Å². The molecule has 2 aliphatic heterocycles. The summed E-state index contributed by atoms with van der Waals surface area (Å²) in [6, 6.07) is 7.18. The smallest absolute Gasteiger partial charge is 0.251 e. The Morgan fingerprint density at radius 1 is 1.20 bits per heavy atom. The first-order valence-electron chi connectivity index (χ1n) is 8.81. The third-order valence-corrected chi connectivity index (χ3v) is 4.45. The molecule has 2 amide bonds. The molecule has 1 atom stereocenters. The lowest BCUT2D eigenvalue weighted by Gasteiger charge is -2.27.